The summed E-state index contributed by atoms with van der Waals surface area (Å²) in [6, 6.07) is 0. The molecular weight excluding hydrogens is 200 g/mol. The molecule has 0 aromatic rings. The van der Waals surface area contributed by atoms with Crippen molar-refractivity contribution in [3.05, 3.63) is 34.9 Å². The van der Waals surface area contributed by atoms with Crippen molar-refractivity contribution in [2.75, 3.05) is 0 Å². The third-order valence-electron chi connectivity index (χ3n) is 1.72. The molecule has 0 aliphatic rings. The summed E-state index contributed by atoms with van der Waals surface area (Å²) in [6.45, 7) is 14.0. The summed E-state index contributed by atoms with van der Waals surface area (Å²) in [7, 11) is 0. The Morgan fingerprint density at radius 2 is 1.91 bits per heavy atom. The molecule has 0 rings (SSSR count). The van der Waals surface area contributed by atoms with Gasteiger partial charge in [-0.05, 0) is 24.0 Å². The van der Waals surface area contributed by atoms with Crippen molar-refractivity contribution in [1.82, 2.24) is 0 Å². The quantitative estimate of drug-likeness (QED) is 0.623. The first kappa shape index (κ1) is 10.7. The van der Waals surface area contributed by atoms with Gasteiger partial charge in [0.05, 0.1) is 0 Å². The lowest BCUT2D eigenvalue weighted by molar-refractivity contribution is 0.781. The summed E-state index contributed by atoms with van der Waals surface area (Å²) in [5, 5.41) is 0. The summed E-state index contributed by atoms with van der Waals surface area (Å²) in [5.74, 6) is 0.502. The second-order valence-corrected chi connectivity index (χ2v) is 3.71. The van der Waals surface area contributed by atoms with E-state index in [0.717, 1.165) is 10.1 Å². The normalized spacial score (nSPS) is 12.8. The van der Waals surface area contributed by atoms with Crippen molar-refractivity contribution in [1.29, 1.82) is 0 Å². The molecule has 0 unspecified atom stereocenters. The molecule has 0 saturated heterocycles. The Morgan fingerprint density at radius 3 is 2.18 bits per heavy atom. The molecule has 1 heteroatoms. The maximum atomic E-state index is 3.99. The minimum absolute atomic E-state index is 0.502. The van der Waals surface area contributed by atoms with E-state index in [0.29, 0.717) is 5.92 Å². The van der Waals surface area contributed by atoms with E-state index in [1.165, 1.54) is 5.57 Å². The van der Waals surface area contributed by atoms with Crippen molar-refractivity contribution in [2.45, 2.75) is 20.8 Å². The fraction of sp³-hybridized carbons (Fsp3) is 0.400. The van der Waals surface area contributed by atoms with Crippen LogP contribution in [0.2, 0.25) is 0 Å². The number of hydrogen-bond donors (Lipinski definition) is 0. The lowest BCUT2D eigenvalue weighted by atomic mass is 9.98. The lowest BCUT2D eigenvalue weighted by Crippen LogP contribution is -1.94. The first-order chi connectivity index (χ1) is 5.00. The molecule has 0 spiro atoms. The second-order valence-electron chi connectivity index (χ2n) is 2.86. The highest BCUT2D eigenvalue weighted by Crippen LogP contribution is 2.23. The van der Waals surface area contributed by atoms with Crippen LogP contribution in [-0.4, -0.2) is 0 Å². The van der Waals surface area contributed by atoms with E-state index in [2.05, 4.69) is 42.9 Å². The Kier molecular flexibility index (Phi) is 4.43. The van der Waals surface area contributed by atoms with E-state index in [-0.39, 0.29) is 0 Å². The van der Waals surface area contributed by atoms with Crippen LogP contribution in [0, 0.1) is 5.92 Å². The third-order valence-corrected chi connectivity index (χ3v) is 2.63. The van der Waals surface area contributed by atoms with E-state index in [9.17, 15) is 0 Å². The first-order valence-corrected chi connectivity index (χ1v) is 4.48. The van der Waals surface area contributed by atoms with E-state index >= 15 is 0 Å². The highest BCUT2D eigenvalue weighted by atomic mass is 79.9. The van der Waals surface area contributed by atoms with Crippen LogP contribution in [0.3, 0.4) is 0 Å². The van der Waals surface area contributed by atoms with Crippen molar-refractivity contribution in [3.8, 4) is 0 Å². The maximum absolute atomic E-state index is 3.99. The molecule has 0 aromatic heterocycles. The Bertz CT molecular complexity index is 197. The van der Waals surface area contributed by atoms with Gasteiger partial charge in [-0.1, -0.05) is 49.0 Å². The van der Waals surface area contributed by atoms with Gasteiger partial charge in [0, 0.05) is 4.48 Å². The van der Waals surface area contributed by atoms with Crippen LogP contribution in [0.1, 0.15) is 20.8 Å². The second kappa shape index (κ2) is 4.55. The molecule has 0 fully saturated rings. The number of hydrogen-bond acceptors (Lipinski definition) is 0. The monoisotopic (exact) mass is 214 g/mol. The molecule has 0 heterocycles. The smallest absolute Gasteiger partial charge is 0.0201 e. The molecule has 11 heavy (non-hydrogen) atoms. The standard InChI is InChI=1S/C10H15Br/c1-6-10(11)9(5)8(4)7(2)3/h6-7H,1,4H2,2-3,5H3/b10-9+. The summed E-state index contributed by atoms with van der Waals surface area (Å²) in [5.41, 5.74) is 2.35. The van der Waals surface area contributed by atoms with Gasteiger partial charge in [-0.2, -0.15) is 0 Å². The van der Waals surface area contributed by atoms with Crippen LogP contribution in [0.25, 0.3) is 0 Å². The van der Waals surface area contributed by atoms with Crippen LogP contribution >= 0.6 is 15.9 Å². The van der Waals surface area contributed by atoms with Gasteiger partial charge in [0.1, 0.15) is 0 Å². The topological polar surface area (TPSA) is 0 Å². The molecule has 0 radical (unpaired) electrons. The summed E-state index contributed by atoms with van der Waals surface area (Å²) in [6.07, 6.45) is 1.79. The van der Waals surface area contributed by atoms with E-state index in [1.54, 1.807) is 6.08 Å². The van der Waals surface area contributed by atoms with Gasteiger partial charge in [0.2, 0.25) is 0 Å². The Morgan fingerprint density at radius 1 is 1.45 bits per heavy atom. The minimum Gasteiger partial charge on any atom is -0.0979 e. The molecule has 0 aliphatic carbocycles. The van der Waals surface area contributed by atoms with E-state index in [4.69, 9.17) is 0 Å². The average molecular weight is 215 g/mol. The van der Waals surface area contributed by atoms with Gasteiger partial charge >= 0.3 is 0 Å². The number of rotatable bonds is 3. The molecule has 0 aliphatic heterocycles. The number of halogens is 1. The zero-order chi connectivity index (χ0) is 9.02. The molecule has 0 N–H and O–H groups in total. The molecule has 0 nitrogen and oxygen atoms in total. The molecule has 0 amide bonds. The molecule has 62 valence electrons. The predicted octanol–water partition coefficient (Wildman–Crippen LogP) is 4.05. The fourth-order valence-electron chi connectivity index (χ4n) is 0.739. The van der Waals surface area contributed by atoms with Crippen molar-refractivity contribution in [2.24, 2.45) is 5.92 Å². The SMILES string of the molecule is C=C/C(Br)=C(/C)C(=C)C(C)C. The maximum Gasteiger partial charge on any atom is 0.0201 e. The third kappa shape index (κ3) is 3.06. The van der Waals surface area contributed by atoms with Crippen LogP contribution < -0.4 is 0 Å². The fourth-order valence-corrected chi connectivity index (χ4v) is 0.994. The van der Waals surface area contributed by atoms with E-state index in [1.807, 2.05) is 6.92 Å². The summed E-state index contributed by atoms with van der Waals surface area (Å²) >= 11 is 3.41. The van der Waals surface area contributed by atoms with Crippen LogP contribution in [-0.2, 0) is 0 Å². The van der Waals surface area contributed by atoms with Gasteiger partial charge in [-0.15, -0.1) is 0 Å². The van der Waals surface area contributed by atoms with Crippen LogP contribution in [0.15, 0.2) is 34.9 Å². The summed E-state index contributed by atoms with van der Waals surface area (Å²) in [4.78, 5) is 0. The Hall–Kier alpha value is -0.300. The van der Waals surface area contributed by atoms with Gasteiger partial charge in [0.25, 0.3) is 0 Å². The Balaban J connectivity index is 4.60. The minimum atomic E-state index is 0.502. The highest BCUT2D eigenvalue weighted by Gasteiger charge is 2.04. The van der Waals surface area contributed by atoms with Crippen molar-refractivity contribution >= 4 is 15.9 Å². The molecule has 0 aromatic carbocycles. The first-order valence-electron chi connectivity index (χ1n) is 3.68. The number of allylic oxidation sites excluding steroid dienone is 4. The lowest BCUT2D eigenvalue weighted by Gasteiger charge is -2.10. The van der Waals surface area contributed by atoms with Crippen molar-refractivity contribution in [3.63, 3.8) is 0 Å². The largest absolute Gasteiger partial charge is 0.0979 e. The zero-order valence-corrected chi connectivity index (χ0v) is 9.03. The zero-order valence-electron chi connectivity index (χ0n) is 7.45. The van der Waals surface area contributed by atoms with Crippen molar-refractivity contribution < 1.29 is 0 Å². The molecule has 0 bridgehead atoms. The summed E-state index contributed by atoms with van der Waals surface area (Å²) < 4.78 is 1.04. The molecule has 0 atom stereocenters. The van der Waals surface area contributed by atoms with Gasteiger partial charge in [0.15, 0.2) is 0 Å². The van der Waals surface area contributed by atoms with Crippen LogP contribution in [0.4, 0.5) is 0 Å². The van der Waals surface area contributed by atoms with Gasteiger partial charge in [-0.25, -0.2) is 0 Å². The average Bonchev–Trinajstić information content (AvgIpc) is 2.00. The van der Waals surface area contributed by atoms with Crippen LogP contribution in [0.5, 0.6) is 0 Å². The van der Waals surface area contributed by atoms with Gasteiger partial charge < -0.3 is 0 Å². The highest BCUT2D eigenvalue weighted by molar-refractivity contribution is 9.11. The molecule has 0 saturated carbocycles. The predicted molar refractivity (Wildman–Crippen MR) is 55.8 cm³/mol. The van der Waals surface area contributed by atoms with Gasteiger partial charge in [-0.3, -0.25) is 0 Å². The molecular formula is C10H15Br. The Labute approximate surface area is 77.8 Å². The van der Waals surface area contributed by atoms with E-state index < -0.39 is 0 Å².